The molecule has 0 aliphatic rings. The second-order valence-corrected chi connectivity index (χ2v) is 11.8. The van der Waals surface area contributed by atoms with E-state index in [1.165, 1.54) is 17.8 Å². The van der Waals surface area contributed by atoms with Crippen LogP contribution in [0.3, 0.4) is 0 Å². The molecular weight excluding hydrogens is 665 g/mol. The van der Waals surface area contributed by atoms with E-state index in [0.717, 1.165) is 12.1 Å². The third kappa shape index (κ3) is 5.90. The van der Waals surface area contributed by atoms with Gasteiger partial charge in [0.25, 0.3) is 0 Å². The minimum atomic E-state index is -5.45. The van der Waals surface area contributed by atoms with Crippen LogP contribution in [0.1, 0.15) is 29.7 Å². The molecule has 1 atom stereocenters. The molecule has 1 N–H and O–H groups in total. The van der Waals surface area contributed by atoms with Gasteiger partial charge in [-0.15, -0.1) is 0 Å². The number of aliphatic hydroxyl groups excluding tert-OH is 1. The molecule has 0 spiro atoms. The fourth-order valence-corrected chi connectivity index (χ4v) is 5.80. The second kappa shape index (κ2) is 12.3. The van der Waals surface area contributed by atoms with Crippen molar-refractivity contribution in [2.75, 3.05) is 6.61 Å². The molecule has 3 heterocycles. The Hall–Kier alpha value is -4.54. The Balaban J connectivity index is 1.59. The monoisotopic (exact) mass is 685 g/mol. The minimum Gasteiger partial charge on any atom is -0.483 e. The summed E-state index contributed by atoms with van der Waals surface area (Å²) in [6, 6.07) is 5.33. The first-order valence-corrected chi connectivity index (χ1v) is 14.9. The van der Waals surface area contributed by atoms with Gasteiger partial charge >= 0.3 is 10.1 Å². The average Bonchev–Trinajstić information content (AvgIpc) is 3.48. The van der Waals surface area contributed by atoms with Gasteiger partial charge in [-0.3, -0.25) is 9.48 Å². The molecule has 0 radical (unpaired) electrons. The predicted octanol–water partition coefficient (Wildman–Crippen LogP) is 5.92. The van der Waals surface area contributed by atoms with Crippen LogP contribution in [0.15, 0.2) is 50.9 Å². The number of benzene rings is 2. The van der Waals surface area contributed by atoms with Crippen molar-refractivity contribution in [3.63, 3.8) is 0 Å². The summed E-state index contributed by atoms with van der Waals surface area (Å²) in [4.78, 5) is 17.0. The van der Waals surface area contributed by atoms with Gasteiger partial charge in [0.2, 0.25) is 39.9 Å². The molecule has 0 fully saturated rings. The van der Waals surface area contributed by atoms with Gasteiger partial charge in [-0.25, -0.2) is 18.2 Å². The van der Waals surface area contributed by atoms with Gasteiger partial charge in [0.15, 0.2) is 11.2 Å². The standard InChI is InChI=1S/C29H21ClF5N3O7S/c1-12-8-16(27-17(9-12)25(40)13(2)26(44-27)15-10-36-38(11-15)6-7-39)14(3)43-18-4-5-19(30)37-29(18)46(41,42)45-28-23(34)21(32)20(31)22(33)24(28)35/h4-5,8-11,14,39H,6-7H2,1-3H3/t14-/m1/s1. The van der Waals surface area contributed by atoms with Crippen LogP contribution in [-0.4, -0.2) is 34.9 Å². The zero-order valence-electron chi connectivity index (χ0n) is 23.9. The highest BCUT2D eigenvalue weighted by Crippen LogP contribution is 2.37. The first kappa shape index (κ1) is 32.8. The molecule has 0 aliphatic carbocycles. The lowest BCUT2D eigenvalue weighted by Gasteiger charge is -2.19. The number of nitrogens with zero attached hydrogens (tertiary/aromatic N) is 3. The van der Waals surface area contributed by atoms with Crippen LogP contribution in [0.4, 0.5) is 22.0 Å². The highest BCUT2D eigenvalue weighted by molar-refractivity contribution is 7.87. The van der Waals surface area contributed by atoms with E-state index in [9.17, 15) is 40.3 Å². The molecule has 0 saturated carbocycles. The zero-order chi connectivity index (χ0) is 33.7. The average molecular weight is 686 g/mol. The molecule has 17 heteroatoms. The van der Waals surface area contributed by atoms with E-state index in [4.69, 9.17) is 20.8 Å². The molecule has 5 rings (SSSR count). The zero-order valence-corrected chi connectivity index (χ0v) is 25.4. The number of hydrogen-bond donors (Lipinski definition) is 1. The Morgan fingerprint density at radius 1 is 1.04 bits per heavy atom. The highest BCUT2D eigenvalue weighted by atomic mass is 35.5. The van der Waals surface area contributed by atoms with Crippen LogP contribution in [0.2, 0.25) is 5.15 Å². The Labute approximate surface area is 261 Å². The van der Waals surface area contributed by atoms with E-state index in [-0.39, 0.29) is 46.4 Å². The van der Waals surface area contributed by atoms with Crippen LogP contribution >= 0.6 is 11.6 Å². The lowest BCUT2D eigenvalue weighted by molar-refractivity contribution is 0.218. The van der Waals surface area contributed by atoms with Crippen molar-refractivity contribution in [2.24, 2.45) is 0 Å². The van der Waals surface area contributed by atoms with Crippen LogP contribution in [0.25, 0.3) is 22.3 Å². The van der Waals surface area contributed by atoms with Gasteiger partial charge < -0.3 is 18.4 Å². The summed E-state index contributed by atoms with van der Waals surface area (Å²) in [5.74, 6) is -15.0. The van der Waals surface area contributed by atoms with Crippen LogP contribution in [-0.2, 0) is 16.7 Å². The van der Waals surface area contributed by atoms with Gasteiger partial charge in [0, 0.05) is 17.3 Å². The van der Waals surface area contributed by atoms with Crippen molar-refractivity contribution in [1.82, 2.24) is 14.8 Å². The lowest BCUT2D eigenvalue weighted by Crippen LogP contribution is -2.18. The summed E-state index contributed by atoms with van der Waals surface area (Å²) < 4.78 is 114. The van der Waals surface area contributed by atoms with Crippen LogP contribution < -0.4 is 14.3 Å². The van der Waals surface area contributed by atoms with Gasteiger partial charge in [0.05, 0.1) is 30.3 Å². The second-order valence-electron chi connectivity index (χ2n) is 9.97. The molecular formula is C29H21ClF5N3O7S. The predicted molar refractivity (Wildman–Crippen MR) is 153 cm³/mol. The van der Waals surface area contributed by atoms with Gasteiger partial charge in [-0.2, -0.15) is 22.3 Å². The molecule has 46 heavy (non-hydrogen) atoms. The molecule has 2 aromatic carbocycles. The molecule has 242 valence electrons. The van der Waals surface area contributed by atoms with E-state index in [1.807, 2.05) is 0 Å². The van der Waals surface area contributed by atoms with Crippen molar-refractivity contribution in [1.29, 1.82) is 0 Å². The van der Waals surface area contributed by atoms with E-state index in [2.05, 4.69) is 14.3 Å². The smallest absolute Gasteiger partial charge is 0.360 e. The molecule has 0 amide bonds. The number of rotatable bonds is 9. The van der Waals surface area contributed by atoms with Crippen molar-refractivity contribution >= 4 is 32.7 Å². The molecule has 3 aromatic heterocycles. The van der Waals surface area contributed by atoms with Gasteiger partial charge in [-0.05, 0) is 50.6 Å². The van der Waals surface area contributed by atoms with Crippen LogP contribution in [0, 0.1) is 42.9 Å². The van der Waals surface area contributed by atoms with Gasteiger partial charge in [-0.1, -0.05) is 11.6 Å². The normalized spacial score (nSPS) is 12.5. The number of fused-ring (bicyclic) bond motifs is 1. The van der Waals surface area contributed by atoms with Crippen molar-refractivity contribution in [3.8, 4) is 22.8 Å². The fourth-order valence-electron chi connectivity index (χ4n) is 4.59. The Bertz CT molecular complexity index is 2160. The summed E-state index contributed by atoms with van der Waals surface area (Å²) >= 11 is 5.87. The number of aromatic nitrogens is 3. The highest BCUT2D eigenvalue weighted by Gasteiger charge is 2.34. The summed E-state index contributed by atoms with van der Waals surface area (Å²) in [5.41, 5.74) is 1.26. The number of hydrogen-bond acceptors (Lipinski definition) is 9. The summed E-state index contributed by atoms with van der Waals surface area (Å²) in [6.07, 6.45) is 1.90. The number of aryl methyl sites for hydroxylation is 1. The van der Waals surface area contributed by atoms with E-state index in [1.54, 1.807) is 32.2 Å². The van der Waals surface area contributed by atoms with Gasteiger partial charge in [0.1, 0.15) is 22.6 Å². The molecule has 0 saturated heterocycles. The number of ether oxygens (including phenoxy) is 1. The topological polar surface area (TPSA) is 134 Å². The number of aliphatic hydroxyl groups is 1. The first-order chi connectivity index (χ1) is 21.6. The Morgan fingerprint density at radius 2 is 1.70 bits per heavy atom. The van der Waals surface area contributed by atoms with Crippen molar-refractivity contribution < 1.29 is 48.8 Å². The largest absolute Gasteiger partial charge is 0.483 e. The first-order valence-electron chi connectivity index (χ1n) is 13.1. The molecule has 0 bridgehead atoms. The maximum atomic E-state index is 14.3. The molecule has 5 aromatic rings. The third-order valence-electron chi connectivity index (χ3n) is 6.75. The Kier molecular flexibility index (Phi) is 8.81. The molecule has 0 unspecified atom stereocenters. The van der Waals surface area contributed by atoms with Crippen molar-refractivity contribution in [2.45, 2.75) is 38.4 Å². The summed E-state index contributed by atoms with van der Waals surface area (Å²) in [7, 11) is -5.45. The quantitative estimate of drug-likeness (QED) is 0.0660. The maximum Gasteiger partial charge on any atom is 0.360 e. The lowest BCUT2D eigenvalue weighted by atomic mass is 10.0. The Morgan fingerprint density at radius 3 is 2.35 bits per heavy atom. The van der Waals surface area contributed by atoms with E-state index < -0.39 is 67.0 Å². The molecule has 0 aliphatic heterocycles. The SMILES string of the molecule is Cc1cc([C@@H](C)Oc2ccc(Cl)nc2S(=O)(=O)Oc2c(F)c(F)c(F)c(F)c2F)c2oc(-c3cnn(CCO)c3)c(C)c(=O)c2c1. The summed E-state index contributed by atoms with van der Waals surface area (Å²) in [6.45, 7) is 4.73. The van der Waals surface area contributed by atoms with Crippen LogP contribution in [0.5, 0.6) is 11.5 Å². The fraction of sp³-hybridized carbons (Fsp3) is 0.207. The number of pyridine rings is 1. The van der Waals surface area contributed by atoms with E-state index >= 15 is 0 Å². The maximum absolute atomic E-state index is 14.3. The summed E-state index contributed by atoms with van der Waals surface area (Å²) in [5, 5.41) is 11.9. The third-order valence-corrected chi connectivity index (χ3v) is 8.11. The molecule has 10 nitrogen and oxygen atoms in total. The van der Waals surface area contributed by atoms with E-state index in [0.29, 0.717) is 11.1 Å². The minimum absolute atomic E-state index is 0.0718. The number of halogens is 6. The van der Waals surface area contributed by atoms with Crippen molar-refractivity contribution in [3.05, 3.63) is 97.8 Å².